The van der Waals surface area contributed by atoms with Crippen LogP contribution in [-0.4, -0.2) is 9.82 Å². The Morgan fingerprint density at radius 1 is 0.971 bits per heavy atom. The average Bonchev–Trinajstić information content (AvgIpc) is 3.15. The van der Waals surface area contributed by atoms with Crippen LogP contribution in [0.3, 0.4) is 0 Å². The lowest BCUT2D eigenvalue weighted by Gasteiger charge is -2.35. The standard InChI is InChI=1S/C28H22N4O2/c1-18-10-11-23(19(2)14-18)26-25(21-7-5-8-22(15-21)32(33)34)28(16-29,17-30)27-24-9-4-3-6-20(24)12-13-31(26)27/h3-15,25-27H,1-2H3/t25-,26-,27-/m0/s1. The van der Waals surface area contributed by atoms with Crippen molar-refractivity contribution in [3.8, 4) is 12.1 Å². The minimum atomic E-state index is -1.46. The van der Waals surface area contributed by atoms with Crippen molar-refractivity contribution in [2.45, 2.75) is 31.8 Å². The first-order valence-electron chi connectivity index (χ1n) is 11.1. The average molecular weight is 447 g/mol. The molecule has 0 bridgehead atoms. The van der Waals surface area contributed by atoms with Crippen LogP contribution in [0.15, 0.2) is 72.9 Å². The SMILES string of the molecule is Cc1ccc([C@H]2[C@H](c3cccc([N+](=O)[O-])c3)C(C#N)(C#N)[C@@H]3c4ccccc4C=CN32)c(C)c1. The fraction of sp³-hybridized carbons (Fsp3) is 0.214. The van der Waals surface area contributed by atoms with E-state index in [0.29, 0.717) is 5.56 Å². The number of nitriles is 2. The molecule has 0 saturated carbocycles. The number of nitro groups is 1. The summed E-state index contributed by atoms with van der Waals surface area (Å²) in [5.41, 5.74) is 4.16. The summed E-state index contributed by atoms with van der Waals surface area (Å²) in [5, 5.41) is 32.8. The minimum Gasteiger partial charge on any atom is -0.360 e. The summed E-state index contributed by atoms with van der Waals surface area (Å²) in [6.45, 7) is 4.06. The van der Waals surface area contributed by atoms with Gasteiger partial charge in [0.15, 0.2) is 5.41 Å². The molecule has 1 fully saturated rings. The molecule has 3 aromatic rings. The van der Waals surface area contributed by atoms with Crippen molar-refractivity contribution in [1.82, 2.24) is 4.90 Å². The van der Waals surface area contributed by atoms with Gasteiger partial charge in [-0.1, -0.05) is 60.2 Å². The zero-order valence-corrected chi connectivity index (χ0v) is 18.8. The Balaban J connectivity index is 1.83. The summed E-state index contributed by atoms with van der Waals surface area (Å²) in [6.07, 6.45) is 3.98. The van der Waals surface area contributed by atoms with Gasteiger partial charge in [-0.3, -0.25) is 10.1 Å². The molecule has 0 unspecified atom stereocenters. The van der Waals surface area contributed by atoms with E-state index in [9.17, 15) is 20.6 Å². The maximum atomic E-state index is 11.6. The summed E-state index contributed by atoms with van der Waals surface area (Å²) in [5.74, 6) is -0.607. The molecule has 3 atom stereocenters. The molecule has 0 aromatic heterocycles. The maximum absolute atomic E-state index is 11.6. The summed E-state index contributed by atoms with van der Waals surface area (Å²) in [6, 6.07) is 24.3. The van der Waals surface area contributed by atoms with Gasteiger partial charge in [0, 0.05) is 24.3 Å². The molecule has 1 saturated heterocycles. The van der Waals surface area contributed by atoms with Crippen LogP contribution in [0, 0.1) is 52.0 Å². The van der Waals surface area contributed by atoms with E-state index in [2.05, 4.69) is 29.2 Å². The van der Waals surface area contributed by atoms with E-state index >= 15 is 0 Å². The van der Waals surface area contributed by atoms with E-state index in [4.69, 9.17) is 0 Å². The first-order chi connectivity index (χ1) is 16.4. The molecule has 34 heavy (non-hydrogen) atoms. The van der Waals surface area contributed by atoms with Gasteiger partial charge < -0.3 is 4.90 Å². The summed E-state index contributed by atoms with van der Waals surface area (Å²) in [7, 11) is 0. The van der Waals surface area contributed by atoms with E-state index in [1.165, 1.54) is 12.1 Å². The number of hydrogen-bond donors (Lipinski definition) is 0. The molecule has 2 aliphatic rings. The molecule has 166 valence electrons. The molecule has 0 spiro atoms. The summed E-state index contributed by atoms with van der Waals surface area (Å²) in [4.78, 5) is 13.3. The third-order valence-electron chi connectivity index (χ3n) is 7.13. The smallest absolute Gasteiger partial charge is 0.269 e. The molecular formula is C28H22N4O2. The van der Waals surface area contributed by atoms with Gasteiger partial charge >= 0.3 is 0 Å². The van der Waals surface area contributed by atoms with Gasteiger partial charge in [-0.2, -0.15) is 10.5 Å². The van der Waals surface area contributed by atoms with Crippen molar-refractivity contribution in [2.24, 2.45) is 5.41 Å². The Bertz CT molecular complexity index is 1410. The van der Waals surface area contributed by atoms with Gasteiger partial charge in [-0.05, 0) is 47.7 Å². The Hall–Kier alpha value is -4.42. The molecule has 0 amide bonds. The van der Waals surface area contributed by atoms with Crippen molar-refractivity contribution in [1.29, 1.82) is 10.5 Å². The van der Waals surface area contributed by atoms with Crippen LogP contribution < -0.4 is 0 Å². The quantitative estimate of drug-likeness (QED) is 0.357. The monoisotopic (exact) mass is 446 g/mol. The Morgan fingerprint density at radius 3 is 2.44 bits per heavy atom. The zero-order valence-electron chi connectivity index (χ0n) is 18.8. The van der Waals surface area contributed by atoms with E-state index < -0.39 is 22.3 Å². The van der Waals surface area contributed by atoms with E-state index in [0.717, 1.165) is 27.8 Å². The lowest BCUT2D eigenvalue weighted by molar-refractivity contribution is -0.384. The van der Waals surface area contributed by atoms with E-state index in [1.54, 1.807) is 12.1 Å². The number of non-ortho nitro benzene ring substituents is 1. The Labute approximate surface area is 198 Å². The van der Waals surface area contributed by atoms with Crippen molar-refractivity contribution in [3.63, 3.8) is 0 Å². The van der Waals surface area contributed by atoms with Gasteiger partial charge in [0.05, 0.1) is 29.1 Å². The van der Waals surface area contributed by atoms with Gasteiger partial charge in [-0.25, -0.2) is 0 Å². The van der Waals surface area contributed by atoms with E-state index in [-0.39, 0.29) is 11.7 Å². The molecule has 3 aromatic carbocycles. The third-order valence-corrected chi connectivity index (χ3v) is 7.13. The van der Waals surface area contributed by atoms with Crippen LogP contribution in [-0.2, 0) is 0 Å². The second kappa shape index (κ2) is 7.86. The highest BCUT2D eigenvalue weighted by atomic mass is 16.6. The van der Waals surface area contributed by atoms with Crippen LogP contribution in [0.4, 0.5) is 5.69 Å². The Kier molecular flexibility index (Phi) is 4.96. The molecule has 0 aliphatic carbocycles. The molecule has 0 radical (unpaired) electrons. The molecule has 2 heterocycles. The van der Waals surface area contributed by atoms with Crippen LogP contribution in [0.2, 0.25) is 0 Å². The fourth-order valence-electron chi connectivity index (χ4n) is 5.71. The number of benzene rings is 3. The first-order valence-corrected chi connectivity index (χ1v) is 11.1. The predicted octanol–water partition coefficient (Wildman–Crippen LogP) is 6.11. The molecule has 5 rings (SSSR count). The fourth-order valence-corrected chi connectivity index (χ4v) is 5.71. The van der Waals surface area contributed by atoms with Crippen molar-refractivity contribution < 1.29 is 4.92 Å². The van der Waals surface area contributed by atoms with Crippen molar-refractivity contribution >= 4 is 11.8 Å². The van der Waals surface area contributed by atoms with Crippen molar-refractivity contribution in [3.05, 3.63) is 116 Å². The highest BCUT2D eigenvalue weighted by molar-refractivity contribution is 5.61. The highest BCUT2D eigenvalue weighted by Gasteiger charge is 2.62. The number of nitro benzene ring substituents is 1. The topological polar surface area (TPSA) is 94.0 Å². The lowest BCUT2D eigenvalue weighted by atomic mass is 9.67. The molecule has 6 heteroatoms. The van der Waals surface area contributed by atoms with Crippen LogP contribution in [0.1, 0.15) is 51.4 Å². The highest BCUT2D eigenvalue weighted by Crippen LogP contribution is 2.64. The van der Waals surface area contributed by atoms with E-state index in [1.807, 2.05) is 56.5 Å². The summed E-state index contributed by atoms with van der Waals surface area (Å²) < 4.78 is 0. The minimum absolute atomic E-state index is 0.0533. The summed E-state index contributed by atoms with van der Waals surface area (Å²) >= 11 is 0. The van der Waals surface area contributed by atoms with Crippen LogP contribution in [0.25, 0.3) is 6.08 Å². The lowest BCUT2D eigenvalue weighted by Crippen LogP contribution is -2.31. The molecule has 2 aliphatic heterocycles. The van der Waals surface area contributed by atoms with Crippen LogP contribution >= 0.6 is 0 Å². The normalized spacial score (nSPS) is 21.8. The Morgan fingerprint density at radius 2 is 1.74 bits per heavy atom. The molecule has 6 nitrogen and oxygen atoms in total. The van der Waals surface area contributed by atoms with Gasteiger partial charge in [0.25, 0.3) is 5.69 Å². The zero-order chi connectivity index (χ0) is 24.0. The molecule has 0 N–H and O–H groups in total. The third kappa shape index (κ3) is 3.00. The number of aryl methyl sites for hydroxylation is 2. The van der Waals surface area contributed by atoms with Gasteiger partial charge in [0.2, 0.25) is 0 Å². The largest absolute Gasteiger partial charge is 0.360 e. The maximum Gasteiger partial charge on any atom is 0.269 e. The van der Waals surface area contributed by atoms with Crippen molar-refractivity contribution in [2.75, 3.05) is 0 Å². The van der Waals surface area contributed by atoms with Gasteiger partial charge in [-0.15, -0.1) is 0 Å². The number of hydrogen-bond acceptors (Lipinski definition) is 5. The first kappa shape index (κ1) is 21.4. The number of fused-ring (bicyclic) bond motifs is 3. The number of nitrogens with zero attached hydrogens (tertiary/aromatic N) is 4. The van der Waals surface area contributed by atoms with Crippen LogP contribution in [0.5, 0.6) is 0 Å². The predicted molar refractivity (Wildman–Crippen MR) is 128 cm³/mol. The number of rotatable bonds is 3. The second-order valence-corrected chi connectivity index (χ2v) is 9.02. The second-order valence-electron chi connectivity index (χ2n) is 9.02. The van der Waals surface area contributed by atoms with Gasteiger partial charge in [0.1, 0.15) is 0 Å². The molecular weight excluding hydrogens is 424 g/mol.